The van der Waals surface area contributed by atoms with Crippen molar-refractivity contribution in [3.05, 3.63) is 11.3 Å². The fourth-order valence-electron chi connectivity index (χ4n) is 1.40. The van der Waals surface area contributed by atoms with Gasteiger partial charge in [0.25, 0.3) is 0 Å². The van der Waals surface area contributed by atoms with Gasteiger partial charge in [-0.2, -0.15) is 0 Å². The Balaban J connectivity index is 2.76. The number of esters is 1. The summed E-state index contributed by atoms with van der Waals surface area (Å²) < 4.78 is 9.99. The first-order valence-corrected chi connectivity index (χ1v) is 4.63. The number of hydrogen-bond acceptors (Lipinski definition) is 4. The topological polar surface area (TPSA) is 90.7 Å². The molecule has 1 aliphatic rings. The maximum atomic E-state index is 11.5. The molecule has 6 heteroatoms. The molecule has 1 rings (SSSR count). The van der Waals surface area contributed by atoms with Crippen molar-refractivity contribution in [1.82, 2.24) is 5.32 Å². The Hall–Kier alpha value is -1.72. The second-order valence-corrected chi connectivity index (χ2v) is 3.06. The third-order valence-electron chi connectivity index (χ3n) is 2.01. The molecule has 2 amide bonds. The van der Waals surface area contributed by atoms with Crippen LogP contribution in [0, 0.1) is 0 Å². The summed E-state index contributed by atoms with van der Waals surface area (Å²) in [5.74, 6) is -0.0153. The van der Waals surface area contributed by atoms with E-state index in [4.69, 9.17) is 15.2 Å². The van der Waals surface area contributed by atoms with Gasteiger partial charge in [0.1, 0.15) is 24.0 Å². The maximum Gasteiger partial charge on any atom is 0.339 e. The molecule has 0 spiro atoms. The number of amides is 2. The van der Waals surface area contributed by atoms with Crippen molar-refractivity contribution < 1.29 is 19.1 Å². The predicted molar refractivity (Wildman–Crippen MR) is 51.8 cm³/mol. The zero-order chi connectivity index (χ0) is 11.4. The first-order chi connectivity index (χ1) is 7.06. The normalized spacial score (nSPS) is 19.7. The van der Waals surface area contributed by atoms with Gasteiger partial charge >= 0.3 is 12.0 Å². The largest absolute Gasteiger partial charge is 0.495 e. The molecule has 1 heterocycles. The van der Waals surface area contributed by atoms with E-state index >= 15 is 0 Å². The van der Waals surface area contributed by atoms with Gasteiger partial charge < -0.3 is 20.5 Å². The molecule has 1 atom stereocenters. The molecule has 1 unspecified atom stereocenters. The number of urea groups is 1. The minimum atomic E-state index is -0.694. The number of ether oxygens (including phenoxy) is 2. The summed E-state index contributed by atoms with van der Waals surface area (Å²) in [6.45, 7) is 3.84. The summed E-state index contributed by atoms with van der Waals surface area (Å²) in [5.41, 5.74) is 5.30. The Labute approximate surface area is 87.4 Å². The lowest BCUT2D eigenvalue weighted by Gasteiger charge is -2.11. The highest BCUT2D eigenvalue weighted by molar-refractivity contribution is 5.92. The minimum Gasteiger partial charge on any atom is -0.495 e. The average molecular weight is 214 g/mol. The smallest absolute Gasteiger partial charge is 0.339 e. The summed E-state index contributed by atoms with van der Waals surface area (Å²) in [4.78, 5) is 22.2. The number of carbonyl (C=O) groups is 2. The summed E-state index contributed by atoms with van der Waals surface area (Å²) in [6.07, 6.45) is 0. The first kappa shape index (κ1) is 11.4. The van der Waals surface area contributed by atoms with Crippen LogP contribution in [0.25, 0.3) is 0 Å². The van der Waals surface area contributed by atoms with Gasteiger partial charge in [0.15, 0.2) is 0 Å². The number of nitrogens with two attached hydrogens (primary N) is 1. The van der Waals surface area contributed by atoms with E-state index in [-0.39, 0.29) is 13.2 Å². The van der Waals surface area contributed by atoms with Gasteiger partial charge in [-0.05, 0) is 13.8 Å². The summed E-state index contributed by atoms with van der Waals surface area (Å²) >= 11 is 0. The number of allylic oxidation sites excluding steroid dienone is 1. The van der Waals surface area contributed by atoms with Crippen molar-refractivity contribution in [3.8, 4) is 0 Å². The van der Waals surface area contributed by atoms with Crippen LogP contribution in [0.1, 0.15) is 13.8 Å². The van der Waals surface area contributed by atoms with Crippen LogP contribution >= 0.6 is 0 Å². The van der Waals surface area contributed by atoms with E-state index in [0.717, 1.165) is 0 Å². The van der Waals surface area contributed by atoms with Gasteiger partial charge in [0.2, 0.25) is 0 Å². The van der Waals surface area contributed by atoms with E-state index in [1.807, 2.05) is 0 Å². The van der Waals surface area contributed by atoms with Crippen molar-refractivity contribution in [3.63, 3.8) is 0 Å². The molecule has 0 aromatic heterocycles. The zero-order valence-corrected chi connectivity index (χ0v) is 8.70. The molecule has 0 fully saturated rings. The van der Waals surface area contributed by atoms with Crippen molar-refractivity contribution >= 4 is 12.0 Å². The predicted octanol–water partition coefficient (Wildman–Crippen LogP) is -0.109. The Kier molecular flexibility index (Phi) is 3.54. The Morgan fingerprint density at radius 1 is 1.67 bits per heavy atom. The molecular weight excluding hydrogens is 200 g/mol. The standard InChI is InChI=1S/C9H14N2O4/c1-3-14-8(12)7-5(2)15-4-6(7)11-9(10)13/h6H,3-4H2,1-2H3,(H3,10,11,13). The van der Waals surface area contributed by atoms with Crippen molar-refractivity contribution in [2.24, 2.45) is 5.73 Å². The molecule has 0 aliphatic carbocycles. The van der Waals surface area contributed by atoms with Crippen molar-refractivity contribution in [2.75, 3.05) is 13.2 Å². The Bertz CT molecular complexity index is 311. The summed E-state index contributed by atoms with van der Waals surface area (Å²) in [5, 5.41) is 2.42. The molecule has 15 heavy (non-hydrogen) atoms. The van der Waals surface area contributed by atoms with E-state index in [1.54, 1.807) is 13.8 Å². The van der Waals surface area contributed by atoms with Gasteiger partial charge in [-0.15, -0.1) is 0 Å². The lowest BCUT2D eigenvalue weighted by atomic mass is 10.1. The fourth-order valence-corrected chi connectivity index (χ4v) is 1.40. The molecule has 1 aliphatic heterocycles. The highest BCUT2D eigenvalue weighted by Crippen LogP contribution is 2.20. The van der Waals surface area contributed by atoms with E-state index < -0.39 is 18.0 Å². The quantitative estimate of drug-likeness (QED) is 0.641. The molecule has 6 nitrogen and oxygen atoms in total. The second kappa shape index (κ2) is 4.68. The molecule has 0 aromatic carbocycles. The van der Waals surface area contributed by atoms with Gasteiger partial charge in [-0.25, -0.2) is 9.59 Å². The Morgan fingerprint density at radius 2 is 2.33 bits per heavy atom. The number of carbonyl (C=O) groups excluding carboxylic acids is 2. The van der Waals surface area contributed by atoms with Gasteiger partial charge in [0, 0.05) is 0 Å². The lowest BCUT2D eigenvalue weighted by Crippen LogP contribution is -2.42. The minimum absolute atomic E-state index is 0.211. The monoisotopic (exact) mass is 214 g/mol. The number of primary amides is 1. The van der Waals surface area contributed by atoms with Crippen LogP contribution in [0.3, 0.4) is 0 Å². The van der Waals surface area contributed by atoms with Crippen LogP contribution in [0.5, 0.6) is 0 Å². The Morgan fingerprint density at radius 3 is 2.87 bits per heavy atom. The number of hydrogen-bond donors (Lipinski definition) is 2. The molecular formula is C9H14N2O4. The van der Waals surface area contributed by atoms with Gasteiger partial charge in [0.05, 0.1) is 6.61 Å². The molecule has 0 bridgehead atoms. The third-order valence-corrected chi connectivity index (χ3v) is 2.01. The van der Waals surface area contributed by atoms with Crippen LogP contribution in [-0.4, -0.2) is 31.3 Å². The first-order valence-electron chi connectivity index (χ1n) is 4.63. The van der Waals surface area contributed by atoms with Crippen LogP contribution in [0.15, 0.2) is 11.3 Å². The molecule has 0 aromatic rings. The molecule has 0 radical (unpaired) electrons. The van der Waals surface area contributed by atoms with Gasteiger partial charge in [-0.1, -0.05) is 0 Å². The fraction of sp³-hybridized carbons (Fsp3) is 0.556. The van der Waals surface area contributed by atoms with Gasteiger partial charge in [-0.3, -0.25) is 0 Å². The van der Waals surface area contributed by atoms with Crippen molar-refractivity contribution in [2.45, 2.75) is 19.9 Å². The van der Waals surface area contributed by atoms with E-state index in [1.165, 1.54) is 0 Å². The highest BCUT2D eigenvalue weighted by atomic mass is 16.5. The third kappa shape index (κ3) is 2.61. The molecule has 3 N–H and O–H groups in total. The SMILES string of the molecule is CCOC(=O)C1=C(C)OCC1NC(N)=O. The molecule has 0 saturated carbocycles. The average Bonchev–Trinajstić information content (AvgIpc) is 2.46. The van der Waals surface area contributed by atoms with Crippen LogP contribution in [0.4, 0.5) is 4.79 Å². The molecule has 84 valence electrons. The van der Waals surface area contributed by atoms with E-state index in [9.17, 15) is 9.59 Å². The lowest BCUT2D eigenvalue weighted by molar-refractivity contribution is -0.138. The number of nitrogens with one attached hydrogen (secondary N) is 1. The van der Waals surface area contributed by atoms with Crippen molar-refractivity contribution in [1.29, 1.82) is 0 Å². The summed E-state index contributed by atoms with van der Waals surface area (Å²) in [6, 6.07) is -1.21. The van der Waals surface area contributed by atoms with Crippen LogP contribution in [0.2, 0.25) is 0 Å². The zero-order valence-electron chi connectivity index (χ0n) is 8.70. The van der Waals surface area contributed by atoms with E-state index in [0.29, 0.717) is 11.3 Å². The van der Waals surface area contributed by atoms with E-state index in [2.05, 4.69) is 5.32 Å². The van der Waals surface area contributed by atoms with Crippen LogP contribution in [-0.2, 0) is 14.3 Å². The highest BCUT2D eigenvalue weighted by Gasteiger charge is 2.32. The van der Waals surface area contributed by atoms with Crippen LogP contribution < -0.4 is 11.1 Å². The maximum absolute atomic E-state index is 11.5. The second-order valence-electron chi connectivity index (χ2n) is 3.06. The molecule has 0 saturated heterocycles. The summed E-state index contributed by atoms with van der Waals surface area (Å²) in [7, 11) is 0. The number of rotatable bonds is 3.